The van der Waals surface area contributed by atoms with Crippen LogP contribution in [0.4, 0.5) is 0 Å². The second-order valence-corrected chi connectivity index (χ2v) is 6.54. The Morgan fingerprint density at radius 2 is 1.76 bits per heavy atom. The van der Waals surface area contributed by atoms with Crippen molar-refractivity contribution < 1.29 is 9.53 Å². The first-order valence-corrected chi connectivity index (χ1v) is 7.35. The average molecular weight is 280 g/mol. The largest absolute Gasteiger partial charge is 0.460 e. The number of rotatable bonds is 2. The van der Waals surface area contributed by atoms with Gasteiger partial charge in [-0.05, 0) is 55.0 Å². The van der Waals surface area contributed by atoms with Gasteiger partial charge >= 0.3 is 5.97 Å². The van der Waals surface area contributed by atoms with Crippen molar-refractivity contribution in [1.29, 1.82) is 0 Å². The van der Waals surface area contributed by atoms with Gasteiger partial charge in [-0.15, -0.1) is 0 Å². The predicted molar refractivity (Wildman–Crippen MR) is 84.2 cm³/mol. The zero-order valence-electron chi connectivity index (χ0n) is 12.8. The highest BCUT2D eigenvalue weighted by Gasteiger charge is 2.23. The third-order valence-corrected chi connectivity index (χ3v) is 3.70. The molecule has 0 aromatic heterocycles. The van der Waals surface area contributed by atoms with E-state index in [1.165, 1.54) is 22.3 Å². The lowest BCUT2D eigenvalue weighted by Gasteiger charge is -2.20. The third-order valence-electron chi connectivity index (χ3n) is 3.70. The highest BCUT2D eigenvalue weighted by atomic mass is 16.6. The van der Waals surface area contributed by atoms with E-state index < -0.39 is 5.60 Å². The second kappa shape index (κ2) is 5.03. The maximum Gasteiger partial charge on any atom is 0.310 e. The molecule has 0 atom stereocenters. The van der Waals surface area contributed by atoms with Gasteiger partial charge in [-0.3, -0.25) is 4.79 Å². The number of carbonyl (C=O) groups excluding carboxylic acids is 1. The Hall–Kier alpha value is -2.09. The van der Waals surface area contributed by atoms with E-state index >= 15 is 0 Å². The summed E-state index contributed by atoms with van der Waals surface area (Å²) in [6, 6.07) is 14.6. The molecule has 21 heavy (non-hydrogen) atoms. The number of benzene rings is 2. The van der Waals surface area contributed by atoms with Gasteiger partial charge in [-0.2, -0.15) is 0 Å². The topological polar surface area (TPSA) is 26.3 Å². The standard InChI is InChI=1S/C19H20O2/c1-19(2,3)21-18(20)12-14-8-6-10-16-15-9-5-4-7-13(15)11-17(14)16/h4-10H,11-12H2,1-3H3. The Kier molecular flexibility index (Phi) is 3.32. The normalized spacial score (nSPS) is 12.7. The molecule has 0 aliphatic heterocycles. The highest BCUT2D eigenvalue weighted by Crippen LogP contribution is 2.38. The molecule has 0 heterocycles. The molecule has 1 aliphatic carbocycles. The number of ether oxygens (including phenoxy) is 1. The van der Waals surface area contributed by atoms with Gasteiger partial charge in [0, 0.05) is 0 Å². The summed E-state index contributed by atoms with van der Waals surface area (Å²) in [4.78, 5) is 12.1. The maximum absolute atomic E-state index is 12.1. The van der Waals surface area contributed by atoms with Gasteiger partial charge in [0.05, 0.1) is 6.42 Å². The number of carbonyl (C=O) groups is 1. The maximum atomic E-state index is 12.1. The summed E-state index contributed by atoms with van der Waals surface area (Å²) >= 11 is 0. The van der Waals surface area contributed by atoms with Gasteiger partial charge in [-0.25, -0.2) is 0 Å². The molecule has 2 aromatic carbocycles. The minimum atomic E-state index is -0.433. The Morgan fingerprint density at radius 1 is 1.05 bits per heavy atom. The lowest BCUT2D eigenvalue weighted by molar-refractivity contribution is -0.153. The molecule has 0 fully saturated rings. The first-order chi connectivity index (χ1) is 9.94. The number of fused-ring (bicyclic) bond motifs is 3. The van der Waals surface area contributed by atoms with E-state index in [9.17, 15) is 4.79 Å². The van der Waals surface area contributed by atoms with Gasteiger partial charge in [-0.1, -0.05) is 42.5 Å². The zero-order valence-corrected chi connectivity index (χ0v) is 12.8. The van der Waals surface area contributed by atoms with Crippen molar-refractivity contribution in [2.45, 2.75) is 39.2 Å². The Morgan fingerprint density at radius 3 is 2.52 bits per heavy atom. The molecule has 3 rings (SSSR count). The van der Waals surface area contributed by atoms with Gasteiger partial charge < -0.3 is 4.74 Å². The number of hydrogen-bond acceptors (Lipinski definition) is 2. The zero-order chi connectivity index (χ0) is 15.0. The fourth-order valence-corrected chi connectivity index (χ4v) is 2.92. The molecule has 0 bridgehead atoms. The lowest BCUT2D eigenvalue weighted by atomic mass is 9.99. The van der Waals surface area contributed by atoms with Crippen LogP contribution in [-0.2, 0) is 22.4 Å². The SMILES string of the molecule is CC(C)(C)OC(=O)Cc1cccc2c1Cc1ccccc1-2. The van der Waals surface area contributed by atoms with E-state index in [0.29, 0.717) is 6.42 Å². The molecule has 0 N–H and O–H groups in total. The van der Waals surface area contributed by atoms with E-state index in [1.807, 2.05) is 32.9 Å². The Labute approximate surface area is 125 Å². The molecule has 0 saturated carbocycles. The van der Waals surface area contributed by atoms with E-state index in [1.54, 1.807) is 0 Å². The second-order valence-electron chi connectivity index (χ2n) is 6.54. The van der Waals surface area contributed by atoms with Crippen molar-refractivity contribution in [2.24, 2.45) is 0 Å². The molecule has 0 radical (unpaired) electrons. The van der Waals surface area contributed by atoms with Crippen LogP contribution in [0.15, 0.2) is 42.5 Å². The molecule has 0 saturated heterocycles. The van der Waals surface area contributed by atoms with Gasteiger partial charge in [0.1, 0.15) is 5.60 Å². The number of esters is 1. The quantitative estimate of drug-likeness (QED) is 0.659. The van der Waals surface area contributed by atoms with E-state index in [-0.39, 0.29) is 5.97 Å². The Balaban J connectivity index is 1.89. The first kappa shape index (κ1) is 13.9. The molecule has 2 heteroatoms. The summed E-state index contributed by atoms with van der Waals surface area (Å²) in [5.41, 5.74) is 5.80. The molecule has 0 amide bonds. The van der Waals surface area contributed by atoms with Gasteiger partial charge in [0.15, 0.2) is 0 Å². The van der Waals surface area contributed by atoms with E-state index in [2.05, 4.69) is 30.3 Å². The smallest absolute Gasteiger partial charge is 0.310 e. The summed E-state index contributed by atoms with van der Waals surface area (Å²) in [5, 5.41) is 0. The number of hydrogen-bond donors (Lipinski definition) is 0. The summed E-state index contributed by atoms with van der Waals surface area (Å²) in [6.07, 6.45) is 1.25. The summed E-state index contributed by atoms with van der Waals surface area (Å²) in [5.74, 6) is -0.160. The van der Waals surface area contributed by atoms with E-state index in [0.717, 1.165) is 12.0 Å². The molecular formula is C19H20O2. The van der Waals surface area contributed by atoms with Crippen molar-refractivity contribution in [2.75, 3.05) is 0 Å². The van der Waals surface area contributed by atoms with Crippen LogP contribution < -0.4 is 0 Å². The van der Waals surface area contributed by atoms with Crippen LogP contribution in [0.5, 0.6) is 0 Å². The van der Waals surface area contributed by atoms with E-state index in [4.69, 9.17) is 4.74 Å². The van der Waals surface area contributed by atoms with Crippen LogP contribution >= 0.6 is 0 Å². The molecule has 1 aliphatic rings. The fourth-order valence-electron chi connectivity index (χ4n) is 2.92. The van der Waals surface area contributed by atoms with Gasteiger partial charge in [0.25, 0.3) is 0 Å². The van der Waals surface area contributed by atoms with Crippen molar-refractivity contribution in [3.63, 3.8) is 0 Å². The van der Waals surface area contributed by atoms with Gasteiger partial charge in [0.2, 0.25) is 0 Å². The van der Waals surface area contributed by atoms with Crippen molar-refractivity contribution in [3.8, 4) is 11.1 Å². The Bertz CT molecular complexity index is 693. The molecular weight excluding hydrogens is 260 g/mol. The van der Waals surface area contributed by atoms with Crippen molar-refractivity contribution >= 4 is 5.97 Å². The molecule has 2 aromatic rings. The molecule has 108 valence electrons. The summed E-state index contributed by atoms with van der Waals surface area (Å²) in [6.45, 7) is 5.70. The minimum Gasteiger partial charge on any atom is -0.460 e. The fraction of sp³-hybridized carbons (Fsp3) is 0.316. The third kappa shape index (κ3) is 2.85. The monoisotopic (exact) mass is 280 g/mol. The molecule has 0 unspecified atom stereocenters. The van der Waals surface area contributed by atoms with Crippen LogP contribution in [0, 0.1) is 0 Å². The summed E-state index contributed by atoms with van der Waals surface area (Å²) < 4.78 is 5.44. The van der Waals surface area contributed by atoms with Crippen LogP contribution in [-0.4, -0.2) is 11.6 Å². The molecule has 0 spiro atoms. The van der Waals surface area contributed by atoms with Crippen LogP contribution in [0.3, 0.4) is 0 Å². The highest BCUT2D eigenvalue weighted by molar-refractivity contribution is 5.81. The van der Waals surface area contributed by atoms with Crippen LogP contribution in [0.1, 0.15) is 37.5 Å². The first-order valence-electron chi connectivity index (χ1n) is 7.35. The van der Waals surface area contributed by atoms with Crippen molar-refractivity contribution in [3.05, 3.63) is 59.2 Å². The lowest BCUT2D eigenvalue weighted by Crippen LogP contribution is -2.25. The predicted octanol–water partition coefficient (Wildman–Crippen LogP) is 4.14. The molecule has 2 nitrogen and oxygen atoms in total. The summed E-state index contributed by atoms with van der Waals surface area (Å²) in [7, 11) is 0. The van der Waals surface area contributed by atoms with Crippen LogP contribution in [0.25, 0.3) is 11.1 Å². The minimum absolute atomic E-state index is 0.160. The van der Waals surface area contributed by atoms with Crippen molar-refractivity contribution in [1.82, 2.24) is 0 Å². The average Bonchev–Trinajstić information content (AvgIpc) is 2.76. The van der Waals surface area contributed by atoms with Crippen LogP contribution in [0.2, 0.25) is 0 Å².